The third-order valence-electron chi connectivity index (χ3n) is 5.65. The number of hydrogen-bond acceptors (Lipinski definition) is 4. The summed E-state index contributed by atoms with van der Waals surface area (Å²) < 4.78 is 51.6. The van der Waals surface area contributed by atoms with Gasteiger partial charge in [-0.05, 0) is 60.5 Å². The number of aromatic nitrogens is 2. The number of nitrogens with zero attached hydrogens (tertiary/aromatic N) is 2. The maximum atomic E-state index is 12.9. The molecule has 4 rings (SSSR count). The number of benzene rings is 3. The number of rotatable bonds is 9. The Bertz CT molecular complexity index is 1430. The van der Waals surface area contributed by atoms with E-state index in [-0.39, 0.29) is 12.5 Å². The molecule has 6 nitrogen and oxygen atoms in total. The summed E-state index contributed by atoms with van der Waals surface area (Å²) in [7, 11) is 1.58. The van der Waals surface area contributed by atoms with Crippen molar-refractivity contribution in [1.29, 1.82) is 0 Å². The molecule has 196 valence electrons. The van der Waals surface area contributed by atoms with Crippen LogP contribution in [0.1, 0.15) is 27.8 Å². The number of methoxy groups -OCH3 is 1. The summed E-state index contributed by atoms with van der Waals surface area (Å²) in [6, 6.07) is 18.3. The predicted octanol–water partition coefficient (Wildman–Crippen LogP) is 6.50. The Hall–Kier alpha value is -4.53. The van der Waals surface area contributed by atoms with Gasteiger partial charge in [-0.3, -0.25) is 9.48 Å². The largest absolute Gasteiger partial charge is 0.496 e. The molecule has 0 fully saturated rings. The molecule has 0 bridgehead atoms. The fourth-order valence-corrected chi connectivity index (χ4v) is 3.71. The van der Waals surface area contributed by atoms with Crippen molar-refractivity contribution in [2.24, 2.45) is 0 Å². The van der Waals surface area contributed by atoms with Crippen molar-refractivity contribution >= 4 is 17.7 Å². The first-order valence-corrected chi connectivity index (χ1v) is 11.7. The maximum absolute atomic E-state index is 12.9. The third kappa shape index (κ3) is 7.25. The minimum Gasteiger partial charge on any atom is -0.496 e. The van der Waals surface area contributed by atoms with Gasteiger partial charge in [-0.2, -0.15) is 18.3 Å². The number of amides is 1. The number of nitrogens with one attached hydrogen (secondary N) is 1. The fraction of sp³-hybridized carbons (Fsp3) is 0.172. The summed E-state index contributed by atoms with van der Waals surface area (Å²) in [5.41, 5.74) is 2.90. The van der Waals surface area contributed by atoms with E-state index in [1.807, 2.05) is 49.4 Å². The molecule has 1 amide bonds. The molecule has 0 aliphatic carbocycles. The van der Waals surface area contributed by atoms with Crippen LogP contribution in [-0.2, 0) is 24.1 Å². The van der Waals surface area contributed by atoms with E-state index in [2.05, 4.69) is 10.4 Å². The highest BCUT2D eigenvalue weighted by atomic mass is 19.4. The molecular weight excluding hydrogens is 495 g/mol. The van der Waals surface area contributed by atoms with Gasteiger partial charge >= 0.3 is 6.18 Å². The van der Waals surface area contributed by atoms with E-state index in [9.17, 15) is 18.0 Å². The van der Waals surface area contributed by atoms with Crippen LogP contribution in [0.2, 0.25) is 0 Å². The van der Waals surface area contributed by atoms with Crippen molar-refractivity contribution in [3.8, 4) is 11.5 Å². The molecule has 0 aliphatic rings. The molecule has 0 saturated carbocycles. The van der Waals surface area contributed by atoms with E-state index in [4.69, 9.17) is 9.47 Å². The lowest BCUT2D eigenvalue weighted by atomic mass is 10.1. The lowest BCUT2D eigenvalue weighted by Gasteiger charge is -2.11. The fourth-order valence-electron chi connectivity index (χ4n) is 3.71. The van der Waals surface area contributed by atoms with Gasteiger partial charge in [0.05, 0.1) is 31.1 Å². The van der Waals surface area contributed by atoms with Gasteiger partial charge < -0.3 is 14.8 Å². The summed E-state index contributed by atoms with van der Waals surface area (Å²) >= 11 is 0. The average molecular weight is 522 g/mol. The van der Waals surface area contributed by atoms with Gasteiger partial charge in [0.15, 0.2) is 0 Å². The first-order valence-electron chi connectivity index (χ1n) is 11.7. The van der Waals surface area contributed by atoms with Crippen molar-refractivity contribution in [2.75, 3.05) is 12.4 Å². The number of hydrogen-bond donors (Lipinski definition) is 1. The summed E-state index contributed by atoms with van der Waals surface area (Å²) in [6.07, 6.45) is 1.63. The molecule has 1 N–H and O–H groups in total. The first-order chi connectivity index (χ1) is 18.2. The summed E-state index contributed by atoms with van der Waals surface area (Å²) in [4.78, 5) is 12.4. The van der Waals surface area contributed by atoms with Crippen LogP contribution in [0.3, 0.4) is 0 Å². The molecule has 38 heavy (non-hydrogen) atoms. The normalized spacial score (nSPS) is 11.5. The second kappa shape index (κ2) is 11.7. The number of ether oxygens (including phenoxy) is 2. The molecule has 1 aromatic heterocycles. The molecule has 3 aromatic carbocycles. The molecule has 0 radical (unpaired) electrons. The van der Waals surface area contributed by atoms with Gasteiger partial charge in [0.2, 0.25) is 5.91 Å². The zero-order valence-corrected chi connectivity index (χ0v) is 20.8. The van der Waals surface area contributed by atoms with Crippen molar-refractivity contribution in [1.82, 2.24) is 9.78 Å². The smallest absolute Gasteiger partial charge is 0.416 e. The number of aryl methyl sites for hydroxylation is 1. The van der Waals surface area contributed by atoms with Crippen molar-refractivity contribution in [3.63, 3.8) is 0 Å². The van der Waals surface area contributed by atoms with E-state index in [1.54, 1.807) is 25.4 Å². The maximum Gasteiger partial charge on any atom is 0.416 e. The standard InChI is InChI=1S/C29H26F3N3O3/c1-20-6-10-26(11-7-20)38-19-23-14-21(8-12-27(23)37-2)9-13-28(36)34-25-16-33-35(18-25)17-22-4-3-5-24(15-22)29(30,31)32/h3-16,18H,17,19H2,1-2H3,(H,34,36)/b13-9+. The Morgan fingerprint density at radius 1 is 1.08 bits per heavy atom. The van der Waals surface area contributed by atoms with Crippen molar-refractivity contribution in [3.05, 3.63) is 113 Å². The molecule has 0 spiro atoms. The summed E-state index contributed by atoms with van der Waals surface area (Å²) in [6.45, 7) is 2.44. The van der Waals surface area contributed by atoms with E-state index in [1.165, 1.54) is 23.0 Å². The molecule has 9 heteroatoms. The van der Waals surface area contributed by atoms with Crippen LogP contribution in [0.4, 0.5) is 18.9 Å². The predicted molar refractivity (Wildman–Crippen MR) is 139 cm³/mol. The molecule has 0 saturated heterocycles. The number of anilines is 1. The van der Waals surface area contributed by atoms with Crippen LogP contribution < -0.4 is 14.8 Å². The Balaban J connectivity index is 1.36. The van der Waals surface area contributed by atoms with Gasteiger partial charge in [-0.25, -0.2) is 0 Å². The lowest BCUT2D eigenvalue weighted by Crippen LogP contribution is -2.08. The van der Waals surface area contributed by atoms with Gasteiger partial charge in [0.1, 0.15) is 18.1 Å². The quantitative estimate of drug-likeness (QED) is 0.256. The lowest BCUT2D eigenvalue weighted by molar-refractivity contribution is -0.137. The summed E-state index contributed by atoms with van der Waals surface area (Å²) in [5.74, 6) is 1.04. The molecular formula is C29H26F3N3O3. The van der Waals surface area contributed by atoms with Gasteiger partial charge in [-0.15, -0.1) is 0 Å². The van der Waals surface area contributed by atoms with Crippen LogP contribution in [0.5, 0.6) is 11.5 Å². The number of carbonyl (C=O) groups is 1. The zero-order chi connectivity index (χ0) is 27.1. The second-order valence-corrected chi connectivity index (χ2v) is 8.62. The average Bonchev–Trinajstić information content (AvgIpc) is 3.33. The van der Waals surface area contributed by atoms with Crippen molar-refractivity contribution in [2.45, 2.75) is 26.3 Å². The van der Waals surface area contributed by atoms with Crippen LogP contribution in [0, 0.1) is 6.92 Å². The topological polar surface area (TPSA) is 65.4 Å². The minimum atomic E-state index is -4.41. The van der Waals surface area contributed by atoms with Crippen LogP contribution in [0.15, 0.2) is 85.2 Å². The number of halogens is 3. The highest BCUT2D eigenvalue weighted by Crippen LogP contribution is 2.29. The highest BCUT2D eigenvalue weighted by molar-refractivity contribution is 6.01. The number of carbonyl (C=O) groups excluding carboxylic acids is 1. The first kappa shape index (κ1) is 26.5. The third-order valence-corrected chi connectivity index (χ3v) is 5.65. The molecule has 1 heterocycles. The Kier molecular flexibility index (Phi) is 8.15. The van der Waals surface area contributed by atoms with Crippen LogP contribution in [0.25, 0.3) is 6.08 Å². The molecule has 4 aromatic rings. The Labute approximate surface area is 218 Å². The SMILES string of the molecule is COc1ccc(/C=C/C(=O)Nc2cnn(Cc3cccc(C(F)(F)F)c3)c2)cc1COc1ccc(C)cc1. The van der Waals surface area contributed by atoms with E-state index in [0.717, 1.165) is 34.6 Å². The van der Waals surface area contributed by atoms with Gasteiger partial charge in [0.25, 0.3) is 0 Å². The second-order valence-electron chi connectivity index (χ2n) is 8.62. The molecule has 0 atom stereocenters. The Morgan fingerprint density at radius 2 is 1.87 bits per heavy atom. The number of alkyl halides is 3. The highest BCUT2D eigenvalue weighted by Gasteiger charge is 2.30. The van der Waals surface area contributed by atoms with E-state index in [0.29, 0.717) is 23.6 Å². The monoisotopic (exact) mass is 521 g/mol. The zero-order valence-electron chi connectivity index (χ0n) is 20.8. The van der Waals surface area contributed by atoms with E-state index < -0.39 is 11.7 Å². The van der Waals surface area contributed by atoms with Crippen LogP contribution in [-0.4, -0.2) is 22.8 Å². The van der Waals surface area contributed by atoms with Crippen molar-refractivity contribution < 1.29 is 27.4 Å². The molecule has 0 aliphatic heterocycles. The Morgan fingerprint density at radius 3 is 2.61 bits per heavy atom. The van der Waals surface area contributed by atoms with Gasteiger partial charge in [-0.1, -0.05) is 35.9 Å². The summed E-state index contributed by atoms with van der Waals surface area (Å²) in [5, 5.41) is 6.83. The van der Waals surface area contributed by atoms with Gasteiger partial charge in [0, 0.05) is 17.8 Å². The van der Waals surface area contributed by atoms with Crippen LogP contribution >= 0.6 is 0 Å². The van der Waals surface area contributed by atoms with E-state index >= 15 is 0 Å². The molecule has 0 unspecified atom stereocenters. The minimum absolute atomic E-state index is 0.134.